The summed E-state index contributed by atoms with van der Waals surface area (Å²) in [6.45, 7) is 6.52. The van der Waals surface area contributed by atoms with Crippen LogP contribution < -0.4 is 9.64 Å². The Balaban J connectivity index is 0.000000330. The molecule has 2 aromatic rings. The fourth-order valence-corrected chi connectivity index (χ4v) is 5.70. The first-order valence-corrected chi connectivity index (χ1v) is 13.0. The number of aliphatic hydroxyl groups is 3. The summed E-state index contributed by atoms with van der Waals surface area (Å²) in [4.78, 5) is 15.2. The molecule has 0 saturated carbocycles. The molecule has 36 heavy (non-hydrogen) atoms. The van der Waals surface area contributed by atoms with E-state index >= 15 is 0 Å². The molecule has 0 bridgehead atoms. The smallest absolute Gasteiger partial charge is 0.276 e. The van der Waals surface area contributed by atoms with E-state index < -0.39 is 23.4 Å². The summed E-state index contributed by atoms with van der Waals surface area (Å²) in [6, 6.07) is 10.3. The molecule has 0 spiro atoms. The van der Waals surface area contributed by atoms with E-state index in [0.29, 0.717) is 24.4 Å². The molecular weight excluding hydrogens is 460 g/mol. The number of hydrogen-bond acceptors (Lipinski definition) is 8. The summed E-state index contributed by atoms with van der Waals surface area (Å²) in [5, 5.41) is 43.2. The molecule has 2 saturated heterocycles. The fraction of sp³-hybridized carbons (Fsp3) is 0.536. The summed E-state index contributed by atoms with van der Waals surface area (Å²) < 4.78 is 5.84. The average molecular weight is 497 g/mol. The Morgan fingerprint density at radius 1 is 0.944 bits per heavy atom. The van der Waals surface area contributed by atoms with E-state index in [1.165, 1.54) is 11.5 Å². The van der Waals surface area contributed by atoms with Crippen molar-refractivity contribution in [1.29, 1.82) is 0 Å². The third kappa shape index (κ3) is 3.92. The van der Waals surface area contributed by atoms with Crippen LogP contribution in [0.1, 0.15) is 85.3 Å². The van der Waals surface area contributed by atoms with Crippen molar-refractivity contribution in [2.75, 3.05) is 24.5 Å². The second kappa shape index (κ2) is 9.43. The third-order valence-corrected chi connectivity index (χ3v) is 7.89. The van der Waals surface area contributed by atoms with Gasteiger partial charge in [0.1, 0.15) is 12.0 Å². The summed E-state index contributed by atoms with van der Waals surface area (Å²) in [5.74, 6) is -2.17. The van der Waals surface area contributed by atoms with Crippen molar-refractivity contribution in [3.8, 4) is 5.75 Å². The minimum absolute atomic E-state index is 0.226. The molecule has 6 rings (SSSR count). The van der Waals surface area contributed by atoms with Crippen LogP contribution in [0, 0.1) is 0 Å². The highest BCUT2D eigenvalue weighted by Crippen LogP contribution is 2.58. The predicted molar refractivity (Wildman–Crippen MR) is 134 cm³/mol. The number of piperidine rings is 2. The minimum Gasteiger partial charge on any atom is -0.454 e. The number of anilines is 1. The zero-order valence-electron chi connectivity index (χ0n) is 21.0. The van der Waals surface area contributed by atoms with E-state index in [1.54, 1.807) is 30.3 Å². The highest BCUT2D eigenvalue weighted by molar-refractivity contribution is 6.10. The van der Waals surface area contributed by atoms with Gasteiger partial charge < -0.3 is 30.2 Å². The van der Waals surface area contributed by atoms with Gasteiger partial charge >= 0.3 is 0 Å². The highest BCUT2D eigenvalue weighted by atomic mass is 16.7. The van der Waals surface area contributed by atoms with Crippen LogP contribution in [-0.2, 0) is 11.4 Å². The normalized spacial score (nSPS) is 29.2. The lowest BCUT2D eigenvalue weighted by Crippen LogP contribution is -2.48. The van der Waals surface area contributed by atoms with Crippen LogP contribution in [0.25, 0.3) is 0 Å². The molecule has 0 aromatic heterocycles. The van der Waals surface area contributed by atoms with Crippen LogP contribution in [0.4, 0.5) is 5.69 Å². The number of hydroxylamine groups is 2. The standard InChI is InChI=1S/C23H25NO5.C5H11NO/c1-13(2)14-6-8-18-19(11-14)29-23(28)17-9-7-15(24-10-4-3-5-20(24)25)12-16(17)21(26)22(18,23)27;7-6-4-2-1-3-5-6/h6-9,11-13,20,25,27-28H,3-5,10H2,1-2H3;7H,1-5H2. The molecular formula is C28H36N2O6. The second-order valence-corrected chi connectivity index (χ2v) is 10.6. The highest BCUT2D eigenvalue weighted by Gasteiger charge is 2.70. The van der Waals surface area contributed by atoms with Crippen LogP contribution in [-0.4, -0.2) is 57.2 Å². The van der Waals surface area contributed by atoms with Crippen LogP contribution in [0.15, 0.2) is 36.4 Å². The predicted octanol–water partition coefficient (Wildman–Crippen LogP) is 3.60. The van der Waals surface area contributed by atoms with Gasteiger partial charge in [0.25, 0.3) is 5.79 Å². The van der Waals surface area contributed by atoms with Crippen molar-refractivity contribution in [2.45, 2.75) is 75.9 Å². The van der Waals surface area contributed by atoms with Gasteiger partial charge in [-0.15, -0.1) is 0 Å². The Morgan fingerprint density at radius 2 is 1.64 bits per heavy atom. The molecule has 8 nitrogen and oxygen atoms in total. The van der Waals surface area contributed by atoms with Crippen LogP contribution >= 0.6 is 0 Å². The molecule has 3 unspecified atom stereocenters. The lowest BCUT2D eigenvalue weighted by Gasteiger charge is -2.34. The fourth-order valence-electron chi connectivity index (χ4n) is 5.70. The molecule has 4 N–H and O–H groups in total. The molecule has 2 fully saturated rings. The maximum absolute atomic E-state index is 13.3. The second-order valence-electron chi connectivity index (χ2n) is 10.6. The number of benzene rings is 2. The van der Waals surface area contributed by atoms with E-state index in [2.05, 4.69) is 0 Å². The van der Waals surface area contributed by atoms with Crippen LogP contribution in [0.3, 0.4) is 0 Å². The number of hydrogen-bond donors (Lipinski definition) is 4. The van der Waals surface area contributed by atoms with E-state index in [1.807, 2.05) is 24.8 Å². The first kappa shape index (κ1) is 25.2. The van der Waals surface area contributed by atoms with Crippen molar-refractivity contribution in [3.05, 3.63) is 58.7 Å². The molecule has 0 radical (unpaired) electrons. The van der Waals surface area contributed by atoms with E-state index in [-0.39, 0.29) is 22.6 Å². The lowest BCUT2D eigenvalue weighted by molar-refractivity contribution is -0.224. The SMILES string of the molecule is CC(C)c1ccc2c(c1)OC1(O)c3ccc(N4CCCCC4O)cc3C(=O)C21O.ON1CCCCC1. The average Bonchev–Trinajstić information content (AvgIpc) is 3.20. The van der Waals surface area contributed by atoms with Crippen molar-refractivity contribution in [2.24, 2.45) is 0 Å². The van der Waals surface area contributed by atoms with Crippen molar-refractivity contribution >= 4 is 11.5 Å². The Hall–Kier alpha value is -2.49. The van der Waals surface area contributed by atoms with Gasteiger partial charge in [-0.3, -0.25) is 4.79 Å². The number of carbonyl (C=O) groups excluding carboxylic acids is 1. The van der Waals surface area contributed by atoms with Gasteiger partial charge in [-0.2, -0.15) is 5.06 Å². The first-order chi connectivity index (χ1) is 17.2. The Morgan fingerprint density at radius 3 is 2.28 bits per heavy atom. The monoisotopic (exact) mass is 496 g/mol. The molecule has 1 aliphatic carbocycles. The topological polar surface area (TPSA) is 114 Å². The quantitative estimate of drug-likeness (QED) is 0.499. The molecule has 3 aliphatic heterocycles. The molecule has 0 amide bonds. The van der Waals surface area contributed by atoms with Gasteiger partial charge in [-0.05, 0) is 67.9 Å². The maximum atomic E-state index is 13.3. The van der Waals surface area contributed by atoms with E-state index in [0.717, 1.165) is 44.3 Å². The number of Topliss-reactive ketones (excluding diaryl/α,β-unsaturated/α-hetero) is 1. The number of aliphatic hydroxyl groups excluding tert-OH is 1. The van der Waals surface area contributed by atoms with Crippen molar-refractivity contribution in [3.63, 3.8) is 0 Å². The van der Waals surface area contributed by atoms with Gasteiger partial charge in [0.05, 0.1) is 0 Å². The first-order valence-electron chi connectivity index (χ1n) is 13.0. The number of fused-ring (bicyclic) bond motifs is 5. The molecule has 8 heteroatoms. The summed E-state index contributed by atoms with van der Waals surface area (Å²) in [6.07, 6.45) is 5.61. The van der Waals surface area contributed by atoms with Crippen molar-refractivity contribution < 1.29 is 30.1 Å². The molecule has 2 aromatic carbocycles. The maximum Gasteiger partial charge on any atom is 0.276 e. The molecule has 4 aliphatic rings. The third-order valence-electron chi connectivity index (χ3n) is 7.89. The molecule has 3 heterocycles. The number of rotatable bonds is 2. The summed E-state index contributed by atoms with van der Waals surface area (Å²) >= 11 is 0. The van der Waals surface area contributed by atoms with Gasteiger partial charge in [0.2, 0.25) is 11.4 Å². The molecule has 194 valence electrons. The summed E-state index contributed by atoms with van der Waals surface area (Å²) in [5.41, 5.74) is 0.278. The Kier molecular flexibility index (Phi) is 6.59. The van der Waals surface area contributed by atoms with Gasteiger partial charge in [-0.25, -0.2) is 0 Å². The number of ketones is 1. The largest absolute Gasteiger partial charge is 0.454 e. The van der Waals surface area contributed by atoms with Gasteiger partial charge in [0, 0.05) is 42.0 Å². The number of carbonyl (C=O) groups is 1. The summed E-state index contributed by atoms with van der Waals surface area (Å²) in [7, 11) is 0. The minimum atomic E-state index is -2.18. The van der Waals surface area contributed by atoms with Gasteiger partial charge in [0.15, 0.2) is 0 Å². The van der Waals surface area contributed by atoms with Crippen molar-refractivity contribution in [1.82, 2.24) is 5.06 Å². The Bertz CT molecular complexity index is 1150. The zero-order chi connectivity index (χ0) is 25.7. The van der Waals surface area contributed by atoms with Crippen LogP contribution in [0.2, 0.25) is 0 Å². The van der Waals surface area contributed by atoms with Gasteiger partial charge in [-0.1, -0.05) is 32.4 Å². The van der Waals surface area contributed by atoms with Crippen LogP contribution in [0.5, 0.6) is 5.75 Å². The van der Waals surface area contributed by atoms with E-state index in [4.69, 9.17) is 9.94 Å². The number of ether oxygens (including phenoxy) is 1. The Labute approximate surface area is 211 Å². The molecule has 3 atom stereocenters. The zero-order valence-corrected chi connectivity index (χ0v) is 21.0. The lowest BCUT2D eigenvalue weighted by atomic mass is 9.86. The van der Waals surface area contributed by atoms with E-state index in [9.17, 15) is 20.1 Å². The number of nitrogens with zero attached hydrogens (tertiary/aromatic N) is 2.